The number of ether oxygens (including phenoxy) is 1. The number of hydrogen-bond donors (Lipinski definition) is 5. The molecule has 10 heteroatoms. The Morgan fingerprint density at radius 1 is 1.23 bits per heavy atom. The summed E-state index contributed by atoms with van der Waals surface area (Å²) in [5, 5.41) is 48.8. The molecule has 5 N–H and O–H groups in total. The summed E-state index contributed by atoms with van der Waals surface area (Å²) in [6.07, 6.45) is -5.82. The van der Waals surface area contributed by atoms with Gasteiger partial charge in [-0.15, -0.1) is 0 Å². The van der Waals surface area contributed by atoms with E-state index in [0.29, 0.717) is 5.56 Å². The molecule has 0 aromatic carbocycles. The molecule has 2 saturated heterocycles. The van der Waals surface area contributed by atoms with Crippen LogP contribution in [0.1, 0.15) is 24.3 Å². The number of hydrogen-bond acceptors (Lipinski definition) is 7. The summed E-state index contributed by atoms with van der Waals surface area (Å²) in [5.41, 5.74) is 0.642. The van der Waals surface area contributed by atoms with Gasteiger partial charge in [-0.25, -0.2) is 4.79 Å². The predicted molar refractivity (Wildman–Crippen MR) is 82.3 cm³/mol. The van der Waals surface area contributed by atoms with Gasteiger partial charge < -0.3 is 35.2 Å². The first-order valence-corrected chi connectivity index (χ1v) is 8.10. The molecule has 142 valence electrons. The molecule has 2 fully saturated rings. The van der Waals surface area contributed by atoms with Crippen LogP contribution in [0, 0.1) is 0 Å². The molecule has 1 aromatic heterocycles. The van der Waals surface area contributed by atoms with E-state index in [1.807, 2.05) is 0 Å². The largest absolute Gasteiger partial charge is 0.479 e. The number of carbonyl (C=O) groups excluding carboxylic acids is 1. The Bertz CT molecular complexity index is 713. The number of amides is 1. The molecule has 2 aliphatic rings. The zero-order chi connectivity index (χ0) is 19.2. The van der Waals surface area contributed by atoms with Crippen molar-refractivity contribution in [2.75, 3.05) is 7.05 Å². The smallest absolute Gasteiger partial charge is 0.335 e. The second-order valence-electron chi connectivity index (χ2n) is 6.56. The van der Waals surface area contributed by atoms with Gasteiger partial charge in [0.2, 0.25) is 0 Å². The molecule has 0 aliphatic carbocycles. The van der Waals surface area contributed by atoms with Gasteiger partial charge in [-0.2, -0.15) is 4.57 Å². The number of carboxylic acids is 1. The molecule has 7 atom stereocenters. The number of nitrogens with zero attached hydrogens (tertiary/aromatic N) is 2. The van der Waals surface area contributed by atoms with Gasteiger partial charge in [-0.3, -0.25) is 4.79 Å². The lowest BCUT2D eigenvalue weighted by Gasteiger charge is -2.35. The number of aliphatic carboxylic acids is 1. The van der Waals surface area contributed by atoms with Crippen LogP contribution in [0.5, 0.6) is 0 Å². The van der Waals surface area contributed by atoms with Gasteiger partial charge in [-0.1, -0.05) is 0 Å². The standard InChI is InChI=1S/C16H20N2O8/c1-17-8(5-9(19)14(17)23)7-3-2-4-18(6-7)15-12(22)10(20)11(21)13(26-15)16(24)25/h2-4,6,8-13,15,19-22H,5H2,1H3/p+1. The normalized spacial score (nSPS) is 37.8. The first-order valence-electron chi connectivity index (χ1n) is 8.10. The fourth-order valence-electron chi connectivity index (χ4n) is 3.40. The molecule has 0 radical (unpaired) electrons. The number of likely N-dealkylation sites (tertiary alicyclic amines) is 1. The summed E-state index contributed by atoms with van der Waals surface area (Å²) in [4.78, 5) is 24.4. The lowest BCUT2D eigenvalue weighted by Crippen LogP contribution is -2.63. The predicted octanol–water partition coefficient (Wildman–Crippen LogP) is -2.70. The highest BCUT2D eigenvalue weighted by Crippen LogP contribution is 2.31. The number of pyridine rings is 1. The molecule has 2 aliphatic heterocycles. The molecule has 1 aromatic rings. The average molecular weight is 369 g/mol. The fraction of sp³-hybridized carbons (Fsp3) is 0.562. The number of aliphatic hydroxyl groups excluding tert-OH is 4. The van der Waals surface area contributed by atoms with E-state index in [-0.39, 0.29) is 6.42 Å². The molecule has 0 bridgehead atoms. The number of carboxylic acid groups (broad SMARTS) is 1. The lowest BCUT2D eigenvalue weighted by molar-refractivity contribution is -0.777. The molecule has 0 spiro atoms. The van der Waals surface area contributed by atoms with E-state index in [1.165, 1.54) is 15.7 Å². The van der Waals surface area contributed by atoms with Crippen LogP contribution in [0.4, 0.5) is 0 Å². The Labute approximate surface area is 148 Å². The van der Waals surface area contributed by atoms with E-state index >= 15 is 0 Å². The number of carbonyl (C=O) groups is 2. The van der Waals surface area contributed by atoms with Crippen molar-refractivity contribution in [3.05, 3.63) is 30.1 Å². The van der Waals surface area contributed by atoms with Crippen LogP contribution in [0.3, 0.4) is 0 Å². The van der Waals surface area contributed by atoms with Crippen LogP contribution in [0.15, 0.2) is 24.5 Å². The third-order valence-electron chi connectivity index (χ3n) is 4.90. The Morgan fingerprint density at radius 2 is 1.92 bits per heavy atom. The number of aliphatic hydroxyl groups is 4. The van der Waals surface area contributed by atoms with Crippen molar-refractivity contribution >= 4 is 11.9 Å². The minimum absolute atomic E-state index is 0.201. The molecule has 3 rings (SSSR count). The van der Waals surface area contributed by atoms with E-state index in [0.717, 1.165) is 0 Å². The highest BCUT2D eigenvalue weighted by atomic mass is 16.6. The van der Waals surface area contributed by atoms with Crippen molar-refractivity contribution < 1.29 is 44.4 Å². The zero-order valence-electron chi connectivity index (χ0n) is 13.9. The van der Waals surface area contributed by atoms with Crippen molar-refractivity contribution in [3.63, 3.8) is 0 Å². The second-order valence-corrected chi connectivity index (χ2v) is 6.56. The third-order valence-corrected chi connectivity index (χ3v) is 4.90. The van der Waals surface area contributed by atoms with Gasteiger partial charge >= 0.3 is 5.97 Å². The maximum atomic E-state index is 11.8. The van der Waals surface area contributed by atoms with Crippen molar-refractivity contribution in [3.8, 4) is 0 Å². The molecule has 7 unspecified atom stereocenters. The van der Waals surface area contributed by atoms with E-state index in [4.69, 9.17) is 9.84 Å². The van der Waals surface area contributed by atoms with E-state index < -0.39 is 54.7 Å². The molecule has 26 heavy (non-hydrogen) atoms. The van der Waals surface area contributed by atoms with Gasteiger partial charge in [0.25, 0.3) is 12.1 Å². The van der Waals surface area contributed by atoms with Gasteiger partial charge in [0.1, 0.15) is 18.3 Å². The Kier molecular flexibility index (Phi) is 4.95. The van der Waals surface area contributed by atoms with Gasteiger partial charge in [0.05, 0.1) is 6.04 Å². The molecule has 3 heterocycles. The first-order chi connectivity index (χ1) is 12.2. The minimum Gasteiger partial charge on any atom is -0.479 e. The topological polar surface area (TPSA) is 152 Å². The van der Waals surface area contributed by atoms with Crippen LogP contribution in [0.2, 0.25) is 0 Å². The van der Waals surface area contributed by atoms with E-state index in [2.05, 4.69) is 0 Å². The lowest BCUT2D eigenvalue weighted by atomic mass is 9.97. The summed E-state index contributed by atoms with van der Waals surface area (Å²) in [6, 6.07) is 2.94. The third kappa shape index (κ3) is 3.06. The minimum atomic E-state index is -1.77. The average Bonchev–Trinajstić information content (AvgIpc) is 2.87. The highest BCUT2D eigenvalue weighted by Gasteiger charge is 2.51. The monoisotopic (exact) mass is 369 g/mol. The van der Waals surface area contributed by atoms with E-state index in [1.54, 1.807) is 25.4 Å². The molecular formula is C16H21N2O8+. The maximum absolute atomic E-state index is 11.8. The van der Waals surface area contributed by atoms with Crippen molar-refractivity contribution in [2.24, 2.45) is 0 Å². The maximum Gasteiger partial charge on any atom is 0.335 e. The Hall–Kier alpha value is -2.11. The summed E-state index contributed by atoms with van der Waals surface area (Å²) in [6.45, 7) is 0. The summed E-state index contributed by atoms with van der Waals surface area (Å²) in [5.74, 6) is -1.86. The van der Waals surface area contributed by atoms with Crippen molar-refractivity contribution in [2.45, 2.75) is 49.2 Å². The van der Waals surface area contributed by atoms with Crippen LogP contribution < -0.4 is 4.57 Å². The Morgan fingerprint density at radius 3 is 2.50 bits per heavy atom. The Balaban J connectivity index is 1.90. The van der Waals surface area contributed by atoms with E-state index in [9.17, 15) is 30.0 Å². The highest BCUT2D eigenvalue weighted by molar-refractivity contribution is 5.83. The summed E-state index contributed by atoms with van der Waals surface area (Å²) >= 11 is 0. The zero-order valence-corrected chi connectivity index (χ0v) is 13.9. The molecular weight excluding hydrogens is 348 g/mol. The number of rotatable bonds is 3. The molecule has 0 saturated carbocycles. The van der Waals surface area contributed by atoms with Crippen molar-refractivity contribution in [1.29, 1.82) is 0 Å². The molecule has 1 amide bonds. The van der Waals surface area contributed by atoms with Gasteiger partial charge in [0.15, 0.2) is 24.6 Å². The van der Waals surface area contributed by atoms with Crippen LogP contribution in [0.25, 0.3) is 0 Å². The fourth-order valence-corrected chi connectivity index (χ4v) is 3.40. The summed E-state index contributed by atoms with van der Waals surface area (Å²) in [7, 11) is 1.56. The SMILES string of the molecule is CN1C(=O)C(O)CC1c1ccc[n+](C2OC(C(=O)O)C(O)C(O)C2O)c1. The van der Waals surface area contributed by atoms with Crippen molar-refractivity contribution in [1.82, 2.24) is 4.90 Å². The van der Waals surface area contributed by atoms with Crippen LogP contribution >= 0.6 is 0 Å². The van der Waals surface area contributed by atoms with Crippen LogP contribution in [-0.4, -0.2) is 79.9 Å². The number of likely N-dealkylation sites (N-methyl/N-ethyl adjacent to an activating group) is 1. The van der Waals surface area contributed by atoms with Gasteiger partial charge in [0, 0.05) is 25.1 Å². The van der Waals surface area contributed by atoms with Gasteiger partial charge in [-0.05, 0) is 6.07 Å². The quantitative estimate of drug-likeness (QED) is 0.361. The number of aromatic nitrogens is 1. The second kappa shape index (κ2) is 6.89. The first kappa shape index (κ1) is 18.7. The molecule has 10 nitrogen and oxygen atoms in total. The summed E-state index contributed by atoms with van der Waals surface area (Å²) < 4.78 is 6.66. The van der Waals surface area contributed by atoms with Crippen LogP contribution in [-0.2, 0) is 14.3 Å².